The molecule has 1 aromatic rings. The molecule has 1 aliphatic carbocycles. The molecule has 2 aliphatic rings. The average molecular weight is 439 g/mol. The van der Waals surface area contributed by atoms with E-state index in [1.54, 1.807) is 12.1 Å². The summed E-state index contributed by atoms with van der Waals surface area (Å²) in [4.78, 5) is 24.1. The zero-order valence-electron chi connectivity index (χ0n) is 18.2. The maximum absolute atomic E-state index is 14.9. The molecule has 1 aliphatic heterocycles. The fraction of sp³-hybridized carbons (Fsp3) is 0.636. The monoisotopic (exact) mass is 438 g/mol. The molecule has 1 heterocycles. The molecule has 9 heteroatoms. The van der Waals surface area contributed by atoms with Crippen LogP contribution < -0.4 is 20.9 Å². The highest BCUT2D eigenvalue weighted by molar-refractivity contribution is 6.01. The number of benzene rings is 1. The van der Waals surface area contributed by atoms with Crippen LogP contribution in [0, 0.1) is 11.7 Å². The lowest BCUT2D eigenvalue weighted by molar-refractivity contribution is -0.118. The van der Waals surface area contributed by atoms with Gasteiger partial charge in [-0.05, 0) is 63.1 Å². The van der Waals surface area contributed by atoms with Gasteiger partial charge in [-0.1, -0.05) is 12.5 Å². The second-order valence-electron chi connectivity index (χ2n) is 8.85. The molecule has 1 aromatic carbocycles. The van der Waals surface area contributed by atoms with E-state index in [-0.39, 0.29) is 24.2 Å². The Kier molecular flexibility index (Phi) is 7.83. The van der Waals surface area contributed by atoms with Gasteiger partial charge in [0.05, 0.1) is 12.6 Å². The second kappa shape index (κ2) is 10.4. The van der Waals surface area contributed by atoms with Crippen molar-refractivity contribution in [2.24, 2.45) is 5.92 Å². The van der Waals surface area contributed by atoms with E-state index in [0.717, 1.165) is 32.1 Å². The number of urea groups is 1. The highest BCUT2D eigenvalue weighted by Crippen LogP contribution is 2.33. The lowest BCUT2D eigenvalue weighted by Crippen LogP contribution is -2.44. The van der Waals surface area contributed by atoms with Crippen molar-refractivity contribution in [1.29, 1.82) is 0 Å². The van der Waals surface area contributed by atoms with Crippen LogP contribution >= 0.6 is 0 Å². The first kappa shape index (κ1) is 23.4. The van der Waals surface area contributed by atoms with Crippen molar-refractivity contribution in [2.75, 3.05) is 26.2 Å². The standard InChI is InChI=1S/C22H32F2N4O3/c1-22(2,24)20(16-8-9-17(23)18(12-16)31-14-15-6-7-15)27-25-10-4-3-5-11-28-13-19(29)26-21(28)30/h8-9,12,15,20,25,27H,3-7,10-11,13-14H2,1-2H3,(H,26,29,30). The lowest BCUT2D eigenvalue weighted by Gasteiger charge is -2.29. The van der Waals surface area contributed by atoms with Gasteiger partial charge in [-0.15, -0.1) is 0 Å². The summed E-state index contributed by atoms with van der Waals surface area (Å²) in [6.45, 7) is 4.69. The number of rotatable bonds is 13. The van der Waals surface area contributed by atoms with E-state index >= 15 is 0 Å². The smallest absolute Gasteiger partial charge is 0.324 e. The summed E-state index contributed by atoms with van der Waals surface area (Å²) in [5.74, 6) is -0.0553. The molecule has 1 atom stereocenters. The van der Waals surface area contributed by atoms with Crippen LogP contribution in [0.2, 0.25) is 0 Å². The third-order valence-corrected chi connectivity index (χ3v) is 5.49. The van der Waals surface area contributed by atoms with Crippen LogP contribution in [-0.2, 0) is 4.79 Å². The van der Waals surface area contributed by atoms with Crippen LogP contribution in [0.3, 0.4) is 0 Å². The third kappa shape index (κ3) is 7.14. The number of halogens is 2. The van der Waals surface area contributed by atoms with E-state index in [1.165, 1.54) is 24.8 Å². The van der Waals surface area contributed by atoms with E-state index in [2.05, 4.69) is 16.2 Å². The Balaban J connectivity index is 1.43. The van der Waals surface area contributed by atoms with Crippen molar-refractivity contribution in [3.05, 3.63) is 29.6 Å². The van der Waals surface area contributed by atoms with Crippen molar-refractivity contribution in [1.82, 2.24) is 21.1 Å². The first-order valence-corrected chi connectivity index (χ1v) is 10.9. The van der Waals surface area contributed by atoms with Crippen LogP contribution in [0.15, 0.2) is 18.2 Å². The van der Waals surface area contributed by atoms with Gasteiger partial charge in [-0.2, -0.15) is 0 Å². The number of nitrogens with one attached hydrogen (secondary N) is 3. The summed E-state index contributed by atoms with van der Waals surface area (Å²) in [6, 6.07) is 3.44. The molecule has 3 rings (SSSR count). The fourth-order valence-electron chi connectivity index (χ4n) is 3.48. The number of imide groups is 1. The Labute approximate surface area is 181 Å². The Morgan fingerprint density at radius 1 is 1.26 bits per heavy atom. The lowest BCUT2D eigenvalue weighted by atomic mass is 9.94. The number of nitrogens with zero attached hydrogens (tertiary/aromatic N) is 1. The van der Waals surface area contributed by atoms with Gasteiger partial charge in [0.15, 0.2) is 11.6 Å². The van der Waals surface area contributed by atoms with Crippen molar-refractivity contribution >= 4 is 11.9 Å². The minimum absolute atomic E-state index is 0.121. The zero-order valence-corrected chi connectivity index (χ0v) is 18.2. The molecule has 7 nitrogen and oxygen atoms in total. The molecule has 31 heavy (non-hydrogen) atoms. The first-order valence-electron chi connectivity index (χ1n) is 10.9. The average Bonchev–Trinajstić information content (AvgIpc) is 3.46. The van der Waals surface area contributed by atoms with Crippen LogP contribution in [0.25, 0.3) is 0 Å². The molecule has 0 spiro atoms. The predicted octanol–water partition coefficient (Wildman–Crippen LogP) is 3.22. The minimum Gasteiger partial charge on any atom is -0.490 e. The van der Waals surface area contributed by atoms with Gasteiger partial charge in [-0.3, -0.25) is 15.5 Å². The highest BCUT2D eigenvalue weighted by atomic mass is 19.1. The number of hydrazine groups is 1. The Bertz CT molecular complexity index is 781. The van der Waals surface area contributed by atoms with Crippen LogP contribution in [0.5, 0.6) is 5.75 Å². The number of ether oxygens (including phenoxy) is 1. The third-order valence-electron chi connectivity index (χ3n) is 5.49. The molecule has 0 bridgehead atoms. The van der Waals surface area contributed by atoms with Gasteiger partial charge >= 0.3 is 6.03 Å². The summed E-state index contributed by atoms with van der Waals surface area (Å²) >= 11 is 0. The predicted molar refractivity (Wildman–Crippen MR) is 113 cm³/mol. The molecular weight excluding hydrogens is 406 g/mol. The van der Waals surface area contributed by atoms with E-state index < -0.39 is 17.5 Å². The van der Waals surface area contributed by atoms with Gasteiger partial charge in [0, 0.05) is 13.1 Å². The topological polar surface area (TPSA) is 82.7 Å². The Morgan fingerprint density at radius 2 is 2.03 bits per heavy atom. The Hall–Kier alpha value is -2.26. The minimum atomic E-state index is -1.59. The van der Waals surface area contributed by atoms with Gasteiger partial charge in [0.25, 0.3) is 0 Å². The first-order chi connectivity index (χ1) is 14.7. The number of carbonyl (C=O) groups is 2. The molecule has 3 amide bonds. The number of alkyl halides is 1. The number of hydrogen-bond donors (Lipinski definition) is 3. The van der Waals surface area contributed by atoms with Gasteiger partial charge in [0.1, 0.15) is 12.2 Å². The molecule has 172 valence electrons. The highest BCUT2D eigenvalue weighted by Gasteiger charge is 2.31. The summed E-state index contributed by atoms with van der Waals surface area (Å²) in [5.41, 5.74) is 5.10. The Morgan fingerprint density at radius 3 is 2.68 bits per heavy atom. The molecular formula is C22H32F2N4O3. The van der Waals surface area contributed by atoms with E-state index in [4.69, 9.17) is 4.74 Å². The number of carbonyl (C=O) groups excluding carboxylic acids is 2. The number of unbranched alkanes of at least 4 members (excludes halogenated alkanes) is 2. The summed E-state index contributed by atoms with van der Waals surface area (Å²) in [5, 5.41) is 2.25. The van der Waals surface area contributed by atoms with E-state index in [9.17, 15) is 18.4 Å². The maximum Gasteiger partial charge on any atom is 0.324 e. The molecule has 0 radical (unpaired) electrons. The second-order valence-corrected chi connectivity index (χ2v) is 8.85. The maximum atomic E-state index is 14.9. The largest absolute Gasteiger partial charge is 0.490 e. The van der Waals surface area contributed by atoms with Crippen molar-refractivity contribution in [3.8, 4) is 5.75 Å². The van der Waals surface area contributed by atoms with Gasteiger partial charge in [0.2, 0.25) is 5.91 Å². The fourth-order valence-corrected chi connectivity index (χ4v) is 3.48. The van der Waals surface area contributed by atoms with E-state index in [0.29, 0.717) is 31.2 Å². The molecule has 3 N–H and O–H groups in total. The molecule has 2 fully saturated rings. The van der Waals surface area contributed by atoms with Crippen LogP contribution in [-0.4, -0.2) is 48.7 Å². The summed E-state index contributed by atoms with van der Waals surface area (Å²) in [6.07, 6.45) is 4.66. The zero-order chi connectivity index (χ0) is 22.4. The van der Waals surface area contributed by atoms with Crippen LogP contribution in [0.4, 0.5) is 13.6 Å². The quantitative estimate of drug-likeness (QED) is 0.250. The van der Waals surface area contributed by atoms with Crippen molar-refractivity contribution < 1.29 is 23.1 Å². The summed E-state index contributed by atoms with van der Waals surface area (Å²) < 4.78 is 34.5. The van der Waals surface area contributed by atoms with Crippen molar-refractivity contribution in [3.63, 3.8) is 0 Å². The van der Waals surface area contributed by atoms with Gasteiger partial charge < -0.3 is 9.64 Å². The molecule has 1 saturated carbocycles. The number of hydrogen-bond acceptors (Lipinski definition) is 5. The molecule has 1 unspecified atom stereocenters. The molecule has 1 saturated heterocycles. The van der Waals surface area contributed by atoms with Crippen LogP contribution in [0.1, 0.15) is 57.6 Å². The van der Waals surface area contributed by atoms with Gasteiger partial charge in [-0.25, -0.2) is 19.0 Å². The van der Waals surface area contributed by atoms with E-state index in [1.807, 2.05) is 0 Å². The van der Waals surface area contributed by atoms with Crippen molar-refractivity contribution in [2.45, 2.75) is 57.7 Å². The summed E-state index contributed by atoms with van der Waals surface area (Å²) in [7, 11) is 0. The normalized spacial score (nSPS) is 17.7. The SMILES string of the molecule is CC(C)(F)C(NNCCCCCN1CC(=O)NC1=O)c1ccc(F)c(OCC2CC2)c1. The number of amides is 3. The molecule has 0 aromatic heterocycles.